The summed E-state index contributed by atoms with van der Waals surface area (Å²) in [7, 11) is 0. The van der Waals surface area contributed by atoms with Crippen molar-refractivity contribution in [2.75, 3.05) is 0 Å². The molecule has 1 N–H and O–H groups in total. The highest BCUT2D eigenvalue weighted by Crippen LogP contribution is 2.27. The molecule has 0 unspecified atom stereocenters. The smallest absolute Gasteiger partial charge is 0.359 e. The zero-order chi connectivity index (χ0) is 12.6. The Morgan fingerprint density at radius 3 is 2.47 bits per heavy atom. The van der Waals surface area contributed by atoms with Gasteiger partial charge in [-0.3, -0.25) is 9.36 Å². The quantitative estimate of drug-likeness (QED) is 0.828. The van der Waals surface area contributed by atoms with Gasteiger partial charge in [0.05, 0.1) is 12.3 Å². The predicted octanol–water partition coefficient (Wildman–Crippen LogP) is 0.658. The van der Waals surface area contributed by atoms with Gasteiger partial charge in [-0.25, -0.2) is 4.79 Å². The zero-order valence-electron chi connectivity index (χ0n) is 9.65. The van der Waals surface area contributed by atoms with E-state index in [1.807, 2.05) is 0 Å². The maximum Gasteiger partial charge on any atom is 0.359 e. The fourth-order valence-corrected chi connectivity index (χ4v) is 2.41. The largest absolute Gasteiger partial charge is 0.390 e. The summed E-state index contributed by atoms with van der Waals surface area (Å²) in [6.07, 6.45) is 3.35. The molecule has 5 nitrogen and oxygen atoms in total. The van der Waals surface area contributed by atoms with Crippen molar-refractivity contribution in [3.05, 3.63) is 32.1 Å². The van der Waals surface area contributed by atoms with Crippen LogP contribution in [0, 0.1) is 6.92 Å². The summed E-state index contributed by atoms with van der Waals surface area (Å²) < 4.78 is 14.6. The van der Waals surface area contributed by atoms with E-state index in [0.29, 0.717) is 0 Å². The third-order valence-electron chi connectivity index (χ3n) is 3.42. The number of aromatic nitrogens is 2. The van der Waals surface area contributed by atoms with Gasteiger partial charge in [0, 0.05) is 11.6 Å². The molecule has 1 fully saturated rings. The predicted molar refractivity (Wildman–Crippen MR) is 59.6 cm³/mol. The minimum absolute atomic E-state index is 0.0986. The molecule has 0 aromatic carbocycles. The highest BCUT2D eigenvalue weighted by atomic mass is 19.2. The van der Waals surface area contributed by atoms with Crippen molar-refractivity contribution in [2.45, 2.75) is 45.3 Å². The molecule has 1 aromatic rings. The lowest BCUT2D eigenvalue weighted by Gasteiger charge is -2.15. The van der Waals surface area contributed by atoms with E-state index in [0.717, 1.165) is 30.3 Å². The summed E-state index contributed by atoms with van der Waals surface area (Å²) >= 11 is 0. The van der Waals surface area contributed by atoms with Crippen molar-refractivity contribution in [3.8, 4) is 0 Å². The van der Waals surface area contributed by atoms with Gasteiger partial charge in [-0.1, -0.05) is 17.3 Å². The molecule has 0 saturated heterocycles. The third kappa shape index (κ3) is 1.82. The van der Waals surface area contributed by atoms with Crippen LogP contribution in [0.5, 0.6) is 0 Å². The van der Waals surface area contributed by atoms with Crippen LogP contribution in [0.4, 0.5) is 4.48 Å². The highest BCUT2D eigenvalue weighted by molar-refractivity contribution is 5.15. The van der Waals surface area contributed by atoms with Crippen LogP contribution in [-0.4, -0.2) is 14.5 Å². The Hall–Kier alpha value is -1.43. The maximum atomic E-state index is 13.6. The molecule has 0 atom stereocenters. The molecular weight excluding hydrogens is 227 g/mol. The van der Waals surface area contributed by atoms with Gasteiger partial charge < -0.3 is 5.11 Å². The van der Waals surface area contributed by atoms with Gasteiger partial charge in [-0.15, -0.1) is 4.79 Å². The van der Waals surface area contributed by atoms with E-state index in [1.165, 1.54) is 6.92 Å². The fourth-order valence-electron chi connectivity index (χ4n) is 2.41. The summed E-state index contributed by atoms with van der Waals surface area (Å²) in [5, 5.41) is 8.96. The first-order valence-corrected chi connectivity index (χ1v) is 5.72. The van der Waals surface area contributed by atoms with Crippen molar-refractivity contribution in [1.29, 1.82) is 0 Å². The molecule has 17 heavy (non-hydrogen) atoms. The Morgan fingerprint density at radius 1 is 1.35 bits per heavy atom. The molecule has 0 radical (unpaired) electrons. The summed E-state index contributed by atoms with van der Waals surface area (Å²) in [4.78, 5) is 23.6. The zero-order valence-corrected chi connectivity index (χ0v) is 9.65. The van der Waals surface area contributed by atoms with Crippen LogP contribution in [0.2, 0.25) is 0 Å². The number of rotatable bonds is 2. The molecule has 1 aliphatic carbocycles. The number of hydrogen-bond acceptors (Lipinski definition) is 3. The van der Waals surface area contributed by atoms with E-state index in [1.54, 1.807) is 0 Å². The molecule has 1 aromatic heterocycles. The average Bonchev–Trinajstić information content (AvgIpc) is 2.81. The van der Waals surface area contributed by atoms with E-state index in [2.05, 4.69) is 0 Å². The molecule has 0 spiro atoms. The number of halogens is 1. The normalized spacial score (nSPS) is 16.6. The highest BCUT2D eigenvalue weighted by Gasteiger charge is 2.24. The Kier molecular flexibility index (Phi) is 3.15. The summed E-state index contributed by atoms with van der Waals surface area (Å²) in [5.74, 6) is 0. The molecule has 1 aliphatic rings. The van der Waals surface area contributed by atoms with Crippen molar-refractivity contribution >= 4 is 0 Å². The second kappa shape index (κ2) is 4.44. The third-order valence-corrected chi connectivity index (χ3v) is 3.42. The van der Waals surface area contributed by atoms with Gasteiger partial charge >= 0.3 is 5.69 Å². The van der Waals surface area contributed by atoms with Crippen LogP contribution in [0.25, 0.3) is 0 Å². The monoisotopic (exact) mass is 242 g/mol. The lowest BCUT2D eigenvalue weighted by atomic mass is 10.2. The molecule has 0 amide bonds. The van der Waals surface area contributed by atoms with Gasteiger partial charge in [-0.05, 0) is 19.8 Å². The first-order chi connectivity index (χ1) is 8.07. The number of aliphatic hydroxyl groups excluding tert-OH is 1. The van der Waals surface area contributed by atoms with Gasteiger partial charge in [0.25, 0.3) is 5.56 Å². The molecule has 94 valence electrons. The number of hydrogen-bond donors (Lipinski definition) is 1. The van der Waals surface area contributed by atoms with Crippen LogP contribution in [0.15, 0.2) is 9.59 Å². The van der Waals surface area contributed by atoms with Crippen molar-refractivity contribution in [2.24, 2.45) is 0 Å². The topological polar surface area (TPSA) is 64.2 Å². The Labute approximate surface area is 97.1 Å². The minimum atomic E-state index is -0.975. The number of aliphatic hydroxyl groups is 1. The summed E-state index contributed by atoms with van der Waals surface area (Å²) in [6, 6.07) is -0.205. The van der Waals surface area contributed by atoms with Crippen LogP contribution >= 0.6 is 0 Å². The van der Waals surface area contributed by atoms with Crippen molar-refractivity contribution in [1.82, 2.24) is 9.36 Å². The van der Waals surface area contributed by atoms with Crippen LogP contribution < -0.4 is 11.2 Å². The fraction of sp³-hybridized carbons (Fsp3) is 0.636. The molecule has 6 heteroatoms. The molecule has 2 rings (SSSR count). The second-order valence-corrected chi connectivity index (χ2v) is 4.41. The Bertz CT molecular complexity index is 504. The average molecular weight is 242 g/mol. The van der Waals surface area contributed by atoms with E-state index in [4.69, 9.17) is 5.11 Å². The molecular formula is C11H15FN2O3. The van der Waals surface area contributed by atoms with Crippen LogP contribution in [0.1, 0.15) is 43.0 Å². The lowest BCUT2D eigenvalue weighted by molar-refractivity contribution is 0.224. The van der Waals surface area contributed by atoms with Crippen LogP contribution in [0.3, 0.4) is 0 Å². The number of nitrogens with zero attached hydrogens (tertiary/aromatic N) is 2. The van der Waals surface area contributed by atoms with Gasteiger partial charge in [0.1, 0.15) is 0 Å². The van der Waals surface area contributed by atoms with Gasteiger partial charge in [0.2, 0.25) is 0 Å². The Morgan fingerprint density at radius 2 is 1.94 bits per heavy atom. The van der Waals surface area contributed by atoms with E-state index >= 15 is 0 Å². The first kappa shape index (κ1) is 12.0. The standard InChI is InChI=1S/C11H15FN2O3/c1-7-9(6-15)14(12)11(17)13(10(7)16)8-4-2-3-5-8/h8,15H,2-6H2,1H3. The van der Waals surface area contributed by atoms with Gasteiger partial charge in [-0.2, -0.15) is 0 Å². The first-order valence-electron chi connectivity index (χ1n) is 5.72. The second-order valence-electron chi connectivity index (χ2n) is 4.41. The maximum absolute atomic E-state index is 13.6. The molecule has 1 heterocycles. The summed E-state index contributed by atoms with van der Waals surface area (Å²) in [5.41, 5.74) is -1.62. The van der Waals surface area contributed by atoms with E-state index < -0.39 is 17.9 Å². The summed E-state index contributed by atoms with van der Waals surface area (Å²) in [6.45, 7) is 0.771. The Balaban J connectivity index is 2.68. The van der Waals surface area contributed by atoms with E-state index in [9.17, 15) is 14.1 Å². The van der Waals surface area contributed by atoms with Crippen LogP contribution in [-0.2, 0) is 6.61 Å². The van der Waals surface area contributed by atoms with Gasteiger partial charge in [0.15, 0.2) is 0 Å². The minimum Gasteiger partial charge on any atom is -0.390 e. The van der Waals surface area contributed by atoms with E-state index in [-0.39, 0.29) is 22.1 Å². The van der Waals surface area contributed by atoms with Crippen molar-refractivity contribution in [3.63, 3.8) is 0 Å². The molecule has 1 saturated carbocycles. The SMILES string of the molecule is Cc1c(CO)n(F)c(=O)n(C2CCCC2)c1=O. The lowest BCUT2D eigenvalue weighted by Crippen LogP contribution is -2.42. The molecule has 0 bridgehead atoms. The van der Waals surface area contributed by atoms with Crippen molar-refractivity contribution < 1.29 is 9.59 Å². The molecule has 0 aliphatic heterocycles.